The fraction of sp³-hybridized carbons (Fsp3) is 0.211. The Labute approximate surface area is 150 Å². The van der Waals surface area contributed by atoms with Crippen molar-refractivity contribution >= 4 is 22.7 Å². The number of nitrogens with zero attached hydrogens (tertiary/aromatic N) is 1. The number of ether oxygens (including phenoxy) is 1. The second kappa shape index (κ2) is 7.26. The highest BCUT2D eigenvalue weighted by Gasteiger charge is 2.19. The van der Waals surface area contributed by atoms with Crippen molar-refractivity contribution in [3.63, 3.8) is 0 Å². The standard InChI is InChI=1S/C19H20N4O3/c1-11-7-6-10-16(12(11)2)26-13(3)18(24)22-23-19(25)17-14-8-4-5-9-15(14)20-21-17/h4-10,13H,1-3H3,(H,20,21)(H,22,24)(H,23,25)/t13-/m1/s1. The van der Waals surface area contributed by atoms with E-state index in [1.54, 1.807) is 19.1 Å². The van der Waals surface area contributed by atoms with Gasteiger partial charge in [-0.25, -0.2) is 0 Å². The first kappa shape index (κ1) is 17.5. The number of H-pyrrole nitrogens is 1. The lowest BCUT2D eigenvalue weighted by Crippen LogP contribution is -2.47. The van der Waals surface area contributed by atoms with E-state index in [1.807, 2.05) is 44.2 Å². The summed E-state index contributed by atoms with van der Waals surface area (Å²) in [5.74, 6) is -0.328. The minimum Gasteiger partial charge on any atom is -0.481 e. The molecule has 0 aliphatic carbocycles. The van der Waals surface area contributed by atoms with Crippen LogP contribution in [0.1, 0.15) is 28.5 Å². The van der Waals surface area contributed by atoms with E-state index in [4.69, 9.17) is 4.74 Å². The van der Waals surface area contributed by atoms with Gasteiger partial charge in [-0.05, 0) is 44.0 Å². The molecule has 2 aromatic carbocycles. The normalized spacial score (nSPS) is 11.8. The number of aromatic amines is 1. The van der Waals surface area contributed by atoms with Gasteiger partial charge in [0.1, 0.15) is 5.75 Å². The summed E-state index contributed by atoms with van der Waals surface area (Å²) in [6.07, 6.45) is -0.772. The highest BCUT2D eigenvalue weighted by atomic mass is 16.5. The molecular weight excluding hydrogens is 332 g/mol. The van der Waals surface area contributed by atoms with Crippen LogP contribution in [0.4, 0.5) is 0 Å². The second-order valence-electron chi connectivity index (χ2n) is 6.02. The molecule has 0 saturated carbocycles. The Balaban J connectivity index is 1.61. The Morgan fingerprint density at radius 1 is 1.08 bits per heavy atom. The zero-order chi connectivity index (χ0) is 18.7. The van der Waals surface area contributed by atoms with Crippen LogP contribution in [0.3, 0.4) is 0 Å². The van der Waals surface area contributed by atoms with Crippen LogP contribution in [0.2, 0.25) is 0 Å². The average molecular weight is 352 g/mol. The molecule has 0 unspecified atom stereocenters. The van der Waals surface area contributed by atoms with Crippen LogP contribution < -0.4 is 15.6 Å². The predicted molar refractivity (Wildman–Crippen MR) is 97.7 cm³/mol. The average Bonchev–Trinajstić information content (AvgIpc) is 3.07. The van der Waals surface area contributed by atoms with Crippen molar-refractivity contribution in [3.8, 4) is 5.75 Å². The van der Waals surface area contributed by atoms with Gasteiger partial charge in [-0.15, -0.1) is 0 Å². The van der Waals surface area contributed by atoms with Gasteiger partial charge >= 0.3 is 0 Å². The van der Waals surface area contributed by atoms with Gasteiger partial charge in [0.05, 0.1) is 5.52 Å². The summed E-state index contributed by atoms with van der Waals surface area (Å²) in [6.45, 7) is 5.52. The van der Waals surface area contributed by atoms with Crippen molar-refractivity contribution in [3.05, 3.63) is 59.3 Å². The van der Waals surface area contributed by atoms with E-state index in [0.717, 1.165) is 16.6 Å². The molecule has 1 aromatic heterocycles. The third kappa shape index (κ3) is 3.51. The molecule has 134 valence electrons. The molecule has 0 aliphatic heterocycles. The summed E-state index contributed by atoms with van der Waals surface area (Å²) < 4.78 is 5.70. The van der Waals surface area contributed by atoms with Crippen molar-refractivity contribution in [1.29, 1.82) is 0 Å². The number of rotatable bonds is 4. The molecule has 1 heterocycles. The fourth-order valence-corrected chi connectivity index (χ4v) is 2.51. The van der Waals surface area contributed by atoms with Gasteiger partial charge in [0.2, 0.25) is 0 Å². The van der Waals surface area contributed by atoms with Crippen molar-refractivity contribution < 1.29 is 14.3 Å². The van der Waals surface area contributed by atoms with Crippen molar-refractivity contribution in [2.75, 3.05) is 0 Å². The molecule has 3 N–H and O–H groups in total. The predicted octanol–water partition coefficient (Wildman–Crippen LogP) is 2.41. The van der Waals surface area contributed by atoms with Gasteiger partial charge in [0.15, 0.2) is 11.8 Å². The maximum Gasteiger partial charge on any atom is 0.290 e. The van der Waals surface area contributed by atoms with Gasteiger partial charge in [-0.3, -0.25) is 25.5 Å². The number of carbonyl (C=O) groups is 2. The summed E-state index contributed by atoms with van der Waals surface area (Å²) in [5, 5.41) is 7.44. The second-order valence-corrected chi connectivity index (χ2v) is 6.02. The topological polar surface area (TPSA) is 96.1 Å². The number of amides is 2. The molecule has 0 radical (unpaired) electrons. The molecule has 2 amide bonds. The molecule has 7 heteroatoms. The number of nitrogens with one attached hydrogen (secondary N) is 3. The van der Waals surface area contributed by atoms with Crippen molar-refractivity contribution in [1.82, 2.24) is 21.0 Å². The lowest BCUT2D eigenvalue weighted by molar-refractivity contribution is -0.128. The first-order valence-corrected chi connectivity index (χ1v) is 8.23. The third-order valence-corrected chi connectivity index (χ3v) is 4.21. The first-order valence-electron chi connectivity index (χ1n) is 8.23. The number of para-hydroxylation sites is 1. The molecule has 1 atom stereocenters. The van der Waals surface area contributed by atoms with Gasteiger partial charge in [-0.2, -0.15) is 5.10 Å². The number of hydrogen-bond donors (Lipinski definition) is 3. The van der Waals surface area contributed by atoms with Crippen LogP contribution >= 0.6 is 0 Å². The lowest BCUT2D eigenvalue weighted by atomic mass is 10.1. The molecule has 0 aliphatic rings. The summed E-state index contributed by atoms with van der Waals surface area (Å²) in [7, 11) is 0. The fourth-order valence-electron chi connectivity index (χ4n) is 2.51. The van der Waals surface area contributed by atoms with Crippen LogP contribution in [0.15, 0.2) is 42.5 Å². The van der Waals surface area contributed by atoms with Crippen LogP contribution in [-0.2, 0) is 4.79 Å². The number of benzene rings is 2. The van der Waals surface area contributed by atoms with E-state index >= 15 is 0 Å². The quantitative estimate of drug-likeness (QED) is 0.628. The van der Waals surface area contributed by atoms with Crippen LogP contribution in [0.5, 0.6) is 5.75 Å². The van der Waals surface area contributed by atoms with Crippen molar-refractivity contribution in [2.24, 2.45) is 0 Å². The number of hydrogen-bond acceptors (Lipinski definition) is 4. The molecule has 0 spiro atoms. The largest absolute Gasteiger partial charge is 0.481 e. The highest BCUT2D eigenvalue weighted by molar-refractivity contribution is 6.05. The molecule has 3 rings (SSSR count). The molecule has 0 fully saturated rings. The van der Waals surface area contributed by atoms with Crippen LogP contribution in [0.25, 0.3) is 10.9 Å². The zero-order valence-electron chi connectivity index (χ0n) is 14.8. The Kier molecular flexibility index (Phi) is 4.88. The van der Waals surface area contributed by atoms with E-state index in [0.29, 0.717) is 11.1 Å². The maximum absolute atomic E-state index is 12.3. The molecule has 0 saturated heterocycles. The Morgan fingerprint density at radius 3 is 2.65 bits per heavy atom. The minimum absolute atomic E-state index is 0.212. The summed E-state index contributed by atoms with van der Waals surface area (Å²) in [5.41, 5.74) is 7.75. The smallest absolute Gasteiger partial charge is 0.290 e. The van der Waals surface area contributed by atoms with Crippen LogP contribution in [0, 0.1) is 13.8 Å². The Hall–Kier alpha value is -3.35. The number of aromatic nitrogens is 2. The Morgan fingerprint density at radius 2 is 1.85 bits per heavy atom. The van der Waals surface area contributed by atoms with E-state index in [1.165, 1.54) is 0 Å². The zero-order valence-corrected chi connectivity index (χ0v) is 14.8. The molecule has 7 nitrogen and oxygen atoms in total. The van der Waals surface area contributed by atoms with Crippen LogP contribution in [-0.4, -0.2) is 28.1 Å². The Bertz CT molecular complexity index is 964. The highest BCUT2D eigenvalue weighted by Crippen LogP contribution is 2.21. The number of hydrazine groups is 1. The molecule has 26 heavy (non-hydrogen) atoms. The van der Waals surface area contributed by atoms with E-state index in [2.05, 4.69) is 21.0 Å². The van der Waals surface area contributed by atoms with Gasteiger partial charge < -0.3 is 4.74 Å². The SMILES string of the molecule is Cc1cccc(O[C@H](C)C(=O)NNC(=O)c2n[nH]c3ccccc23)c1C. The van der Waals surface area contributed by atoms with Crippen molar-refractivity contribution in [2.45, 2.75) is 26.9 Å². The van der Waals surface area contributed by atoms with E-state index < -0.39 is 17.9 Å². The number of aryl methyl sites for hydroxylation is 1. The van der Waals surface area contributed by atoms with Gasteiger partial charge in [0, 0.05) is 5.39 Å². The minimum atomic E-state index is -0.772. The summed E-state index contributed by atoms with van der Waals surface area (Å²) in [4.78, 5) is 24.5. The molecular formula is C19H20N4O3. The van der Waals surface area contributed by atoms with Gasteiger partial charge in [0.25, 0.3) is 11.8 Å². The summed E-state index contributed by atoms with van der Waals surface area (Å²) in [6, 6.07) is 12.9. The number of carbonyl (C=O) groups excluding carboxylic acids is 2. The molecule has 0 bridgehead atoms. The third-order valence-electron chi connectivity index (χ3n) is 4.21. The maximum atomic E-state index is 12.3. The first-order chi connectivity index (χ1) is 12.5. The lowest BCUT2D eigenvalue weighted by Gasteiger charge is -2.17. The number of fused-ring (bicyclic) bond motifs is 1. The van der Waals surface area contributed by atoms with Gasteiger partial charge in [-0.1, -0.05) is 30.3 Å². The summed E-state index contributed by atoms with van der Waals surface area (Å²) >= 11 is 0. The molecule has 3 aromatic rings. The monoisotopic (exact) mass is 352 g/mol. The van der Waals surface area contributed by atoms with E-state index in [9.17, 15) is 9.59 Å². The van der Waals surface area contributed by atoms with E-state index in [-0.39, 0.29) is 5.69 Å².